The summed E-state index contributed by atoms with van der Waals surface area (Å²) in [5.41, 5.74) is -1.99. The molecule has 1 rings (SSSR count). The van der Waals surface area contributed by atoms with Gasteiger partial charge in [0.25, 0.3) is 0 Å². The third-order valence-corrected chi connectivity index (χ3v) is 4.23. The van der Waals surface area contributed by atoms with Crippen LogP contribution in [-0.4, -0.2) is 17.6 Å². The molecule has 15 heavy (non-hydrogen) atoms. The molecule has 0 aromatic carbocycles. The SMILES string of the molecule is CC(C)C1C(=O)NC(C)C(C)(C)C1(C)F. The van der Waals surface area contributed by atoms with Crippen LogP contribution in [0.15, 0.2) is 0 Å². The second-order valence-corrected chi connectivity index (χ2v) is 5.75. The molecule has 3 unspecified atom stereocenters. The van der Waals surface area contributed by atoms with E-state index < -0.39 is 17.0 Å². The molecule has 0 radical (unpaired) electrons. The quantitative estimate of drug-likeness (QED) is 0.715. The Kier molecular flexibility index (Phi) is 2.88. The van der Waals surface area contributed by atoms with Crippen molar-refractivity contribution in [2.75, 3.05) is 0 Å². The Hall–Kier alpha value is -0.600. The summed E-state index contributed by atoms with van der Waals surface area (Å²) in [5.74, 6) is -0.683. The Labute approximate surface area is 91.6 Å². The zero-order valence-electron chi connectivity index (χ0n) is 10.5. The number of rotatable bonds is 1. The molecule has 2 nitrogen and oxygen atoms in total. The van der Waals surface area contributed by atoms with Crippen LogP contribution in [0.2, 0.25) is 0 Å². The molecule has 1 fully saturated rings. The Morgan fingerprint density at radius 2 is 1.80 bits per heavy atom. The molecule has 1 aliphatic rings. The summed E-state index contributed by atoms with van der Waals surface area (Å²) in [4.78, 5) is 11.8. The van der Waals surface area contributed by atoms with Gasteiger partial charge in [0.05, 0.1) is 5.92 Å². The average molecular weight is 215 g/mol. The Morgan fingerprint density at radius 3 is 2.20 bits per heavy atom. The molecule has 0 aromatic heterocycles. The number of piperidine rings is 1. The van der Waals surface area contributed by atoms with E-state index >= 15 is 0 Å². The van der Waals surface area contributed by atoms with Crippen molar-refractivity contribution in [3.63, 3.8) is 0 Å². The van der Waals surface area contributed by atoms with E-state index in [-0.39, 0.29) is 17.9 Å². The van der Waals surface area contributed by atoms with Gasteiger partial charge in [0, 0.05) is 11.5 Å². The monoisotopic (exact) mass is 215 g/mol. The highest BCUT2D eigenvalue weighted by molar-refractivity contribution is 5.82. The normalized spacial score (nSPS) is 40.4. The van der Waals surface area contributed by atoms with Gasteiger partial charge in [0.15, 0.2) is 0 Å². The first-order valence-corrected chi connectivity index (χ1v) is 5.61. The minimum absolute atomic E-state index is 0.0202. The molecule has 3 heteroatoms. The molecule has 0 saturated carbocycles. The van der Waals surface area contributed by atoms with E-state index in [4.69, 9.17) is 0 Å². The van der Waals surface area contributed by atoms with Crippen molar-refractivity contribution in [1.29, 1.82) is 0 Å². The van der Waals surface area contributed by atoms with Crippen LogP contribution in [0, 0.1) is 17.3 Å². The molecular formula is C12H22FNO. The van der Waals surface area contributed by atoms with Crippen molar-refractivity contribution >= 4 is 5.91 Å². The third kappa shape index (κ3) is 1.66. The summed E-state index contributed by atoms with van der Waals surface area (Å²) in [7, 11) is 0. The zero-order chi connectivity index (χ0) is 12.0. The van der Waals surface area contributed by atoms with Gasteiger partial charge < -0.3 is 5.32 Å². The van der Waals surface area contributed by atoms with Crippen molar-refractivity contribution in [2.45, 2.75) is 53.3 Å². The molecule has 1 amide bonds. The fourth-order valence-corrected chi connectivity index (χ4v) is 2.48. The van der Waals surface area contributed by atoms with E-state index in [1.807, 2.05) is 34.6 Å². The van der Waals surface area contributed by atoms with Crippen LogP contribution >= 0.6 is 0 Å². The summed E-state index contributed by atoms with van der Waals surface area (Å²) in [6.45, 7) is 11.0. The number of carbonyl (C=O) groups is 1. The van der Waals surface area contributed by atoms with Gasteiger partial charge in [0.1, 0.15) is 5.67 Å². The topological polar surface area (TPSA) is 29.1 Å². The van der Waals surface area contributed by atoms with Crippen molar-refractivity contribution in [3.8, 4) is 0 Å². The molecule has 1 N–H and O–H groups in total. The van der Waals surface area contributed by atoms with Crippen molar-refractivity contribution < 1.29 is 9.18 Å². The van der Waals surface area contributed by atoms with Gasteiger partial charge in [0.2, 0.25) is 5.91 Å². The van der Waals surface area contributed by atoms with Crippen LogP contribution in [0.3, 0.4) is 0 Å². The predicted octanol–water partition coefficient (Wildman–Crippen LogP) is 2.53. The second-order valence-electron chi connectivity index (χ2n) is 5.75. The van der Waals surface area contributed by atoms with Gasteiger partial charge in [-0.2, -0.15) is 0 Å². The fourth-order valence-electron chi connectivity index (χ4n) is 2.48. The third-order valence-electron chi connectivity index (χ3n) is 4.23. The summed E-state index contributed by atoms with van der Waals surface area (Å²) in [6, 6.07) is -0.130. The van der Waals surface area contributed by atoms with Gasteiger partial charge in [-0.25, -0.2) is 4.39 Å². The van der Waals surface area contributed by atoms with Gasteiger partial charge in [-0.3, -0.25) is 4.79 Å². The van der Waals surface area contributed by atoms with Crippen LogP contribution in [0.1, 0.15) is 41.5 Å². The van der Waals surface area contributed by atoms with E-state index in [0.717, 1.165) is 0 Å². The zero-order valence-corrected chi connectivity index (χ0v) is 10.5. The standard InChI is InChI=1S/C12H22FNO/c1-7(2)9-10(15)14-8(3)11(4,5)12(9,6)13/h7-9H,1-6H3,(H,14,15). The van der Waals surface area contributed by atoms with Crippen LogP contribution in [-0.2, 0) is 4.79 Å². The fraction of sp³-hybridized carbons (Fsp3) is 0.917. The van der Waals surface area contributed by atoms with Crippen molar-refractivity contribution in [1.82, 2.24) is 5.32 Å². The van der Waals surface area contributed by atoms with Crippen molar-refractivity contribution in [3.05, 3.63) is 0 Å². The van der Waals surface area contributed by atoms with E-state index in [0.29, 0.717) is 0 Å². The number of carbonyl (C=O) groups excluding carboxylic acids is 1. The lowest BCUT2D eigenvalue weighted by Crippen LogP contribution is -2.65. The predicted molar refractivity (Wildman–Crippen MR) is 59.2 cm³/mol. The smallest absolute Gasteiger partial charge is 0.226 e. The Bertz CT molecular complexity index is 271. The number of nitrogens with one attached hydrogen (secondary N) is 1. The number of alkyl halides is 1. The number of hydrogen-bond acceptors (Lipinski definition) is 1. The molecule has 1 saturated heterocycles. The average Bonchev–Trinajstić information content (AvgIpc) is 1.99. The highest BCUT2D eigenvalue weighted by Gasteiger charge is 2.57. The summed E-state index contributed by atoms with van der Waals surface area (Å²) in [6.07, 6.45) is 0. The van der Waals surface area contributed by atoms with Gasteiger partial charge in [-0.05, 0) is 19.8 Å². The minimum Gasteiger partial charge on any atom is -0.353 e. The maximum Gasteiger partial charge on any atom is 0.226 e. The highest BCUT2D eigenvalue weighted by Crippen LogP contribution is 2.48. The van der Waals surface area contributed by atoms with Gasteiger partial charge in [-0.1, -0.05) is 27.7 Å². The largest absolute Gasteiger partial charge is 0.353 e. The van der Waals surface area contributed by atoms with Gasteiger partial charge >= 0.3 is 0 Å². The van der Waals surface area contributed by atoms with Crippen LogP contribution in [0.25, 0.3) is 0 Å². The van der Waals surface area contributed by atoms with Crippen LogP contribution in [0.5, 0.6) is 0 Å². The van der Waals surface area contributed by atoms with E-state index in [1.54, 1.807) is 6.92 Å². The lowest BCUT2D eigenvalue weighted by atomic mass is 9.61. The first-order valence-electron chi connectivity index (χ1n) is 5.61. The van der Waals surface area contributed by atoms with Crippen molar-refractivity contribution in [2.24, 2.45) is 17.3 Å². The van der Waals surface area contributed by atoms with Gasteiger partial charge in [-0.15, -0.1) is 0 Å². The summed E-state index contributed by atoms with van der Waals surface area (Å²) >= 11 is 0. The molecular weight excluding hydrogens is 193 g/mol. The summed E-state index contributed by atoms with van der Waals surface area (Å²) < 4.78 is 14.8. The Balaban J connectivity index is 3.15. The maximum atomic E-state index is 14.8. The summed E-state index contributed by atoms with van der Waals surface area (Å²) in [5, 5.41) is 2.88. The lowest BCUT2D eigenvalue weighted by molar-refractivity contribution is -0.152. The minimum atomic E-state index is -1.46. The number of amides is 1. The maximum absolute atomic E-state index is 14.8. The van der Waals surface area contributed by atoms with E-state index in [9.17, 15) is 9.18 Å². The molecule has 88 valence electrons. The first-order chi connectivity index (χ1) is 6.62. The Morgan fingerprint density at radius 1 is 1.33 bits per heavy atom. The lowest BCUT2D eigenvalue weighted by Gasteiger charge is -2.51. The second kappa shape index (κ2) is 3.46. The number of halogens is 1. The highest BCUT2D eigenvalue weighted by atomic mass is 19.1. The molecule has 3 atom stereocenters. The molecule has 1 heterocycles. The van der Waals surface area contributed by atoms with E-state index in [1.165, 1.54) is 0 Å². The molecule has 0 aromatic rings. The molecule has 0 aliphatic carbocycles. The number of hydrogen-bond donors (Lipinski definition) is 1. The van der Waals surface area contributed by atoms with E-state index in [2.05, 4.69) is 5.32 Å². The van der Waals surface area contributed by atoms with Crippen LogP contribution in [0.4, 0.5) is 4.39 Å². The molecule has 1 aliphatic heterocycles. The molecule has 0 spiro atoms. The first kappa shape index (κ1) is 12.5. The van der Waals surface area contributed by atoms with Crippen LogP contribution < -0.4 is 5.32 Å². The molecule has 0 bridgehead atoms.